The minimum atomic E-state index is 0.146. The van der Waals surface area contributed by atoms with Crippen LogP contribution in [0, 0.1) is 0 Å². The highest BCUT2D eigenvalue weighted by Crippen LogP contribution is 2.45. The lowest BCUT2D eigenvalue weighted by molar-refractivity contribution is 0.320. The van der Waals surface area contributed by atoms with E-state index in [1.807, 2.05) is 6.07 Å². The van der Waals surface area contributed by atoms with E-state index in [0.29, 0.717) is 0 Å². The molecule has 1 aliphatic rings. The molecule has 3 heteroatoms. The molecule has 98 valence electrons. The molecule has 1 N–H and O–H groups in total. The molecule has 2 rings (SSSR count). The van der Waals surface area contributed by atoms with Gasteiger partial charge in [-0.15, -0.1) is 0 Å². The molecule has 0 aliphatic heterocycles. The van der Waals surface area contributed by atoms with Gasteiger partial charge in [0.15, 0.2) is 5.17 Å². The molecule has 1 aromatic rings. The first-order valence-electron chi connectivity index (χ1n) is 6.31. The second-order valence-corrected chi connectivity index (χ2v) is 6.78. The predicted molar refractivity (Wildman–Crippen MR) is 75.9 cm³/mol. The van der Waals surface area contributed by atoms with Crippen LogP contribution in [-0.4, -0.2) is 10.4 Å². The van der Waals surface area contributed by atoms with E-state index in [4.69, 9.17) is 16.8 Å². The van der Waals surface area contributed by atoms with Gasteiger partial charge >= 0.3 is 0 Å². The molecule has 0 saturated carbocycles. The van der Waals surface area contributed by atoms with Crippen molar-refractivity contribution in [2.24, 2.45) is 5.16 Å². The summed E-state index contributed by atoms with van der Waals surface area (Å²) < 4.78 is 0. The van der Waals surface area contributed by atoms with Crippen LogP contribution >= 0.6 is 11.6 Å². The molecular formula is C15H20ClNO. The van der Waals surface area contributed by atoms with Gasteiger partial charge < -0.3 is 5.21 Å². The van der Waals surface area contributed by atoms with Crippen molar-refractivity contribution in [1.29, 1.82) is 0 Å². The summed E-state index contributed by atoms with van der Waals surface area (Å²) in [5, 5.41) is 12.0. The fourth-order valence-corrected chi connectivity index (χ4v) is 2.89. The summed E-state index contributed by atoms with van der Waals surface area (Å²) in [6, 6.07) is 6.13. The number of rotatable bonds is 1. The van der Waals surface area contributed by atoms with Crippen LogP contribution in [0.5, 0.6) is 0 Å². The lowest BCUT2D eigenvalue weighted by Gasteiger charge is -2.42. The van der Waals surface area contributed by atoms with Gasteiger partial charge in [-0.05, 0) is 40.9 Å². The molecule has 0 radical (unpaired) electrons. The molecule has 0 amide bonds. The lowest BCUT2D eigenvalue weighted by Crippen LogP contribution is -2.34. The van der Waals surface area contributed by atoms with E-state index in [1.165, 1.54) is 17.5 Å². The van der Waals surface area contributed by atoms with Gasteiger partial charge in [-0.2, -0.15) is 0 Å². The van der Waals surface area contributed by atoms with E-state index in [9.17, 15) is 0 Å². The van der Waals surface area contributed by atoms with Crippen LogP contribution in [0.25, 0.3) is 0 Å². The largest absolute Gasteiger partial charge is 0.410 e. The molecule has 0 saturated heterocycles. The first kappa shape index (κ1) is 13.4. The summed E-state index contributed by atoms with van der Waals surface area (Å²) in [5.41, 5.74) is 3.83. The van der Waals surface area contributed by atoms with Crippen molar-refractivity contribution >= 4 is 16.8 Å². The normalized spacial score (nSPS) is 21.5. The predicted octanol–water partition coefficient (Wildman–Crippen LogP) is 4.41. The van der Waals surface area contributed by atoms with Crippen LogP contribution in [0.3, 0.4) is 0 Å². The van der Waals surface area contributed by atoms with Gasteiger partial charge in [-0.25, -0.2) is 0 Å². The SMILES string of the molecule is CC1(C)CCC(C)(C)c2cc(/C(Cl)=N\O)ccc21. The van der Waals surface area contributed by atoms with Gasteiger partial charge in [0.2, 0.25) is 0 Å². The Morgan fingerprint density at radius 3 is 2.22 bits per heavy atom. The summed E-state index contributed by atoms with van der Waals surface area (Å²) in [6.45, 7) is 9.08. The van der Waals surface area contributed by atoms with E-state index >= 15 is 0 Å². The number of hydrogen-bond acceptors (Lipinski definition) is 2. The van der Waals surface area contributed by atoms with Gasteiger partial charge in [-0.3, -0.25) is 0 Å². The number of halogens is 1. The lowest BCUT2D eigenvalue weighted by atomic mass is 9.63. The van der Waals surface area contributed by atoms with Gasteiger partial charge in [0, 0.05) is 5.56 Å². The number of fused-ring (bicyclic) bond motifs is 1. The first-order chi connectivity index (χ1) is 8.28. The van der Waals surface area contributed by atoms with Crippen LogP contribution in [0.2, 0.25) is 0 Å². The molecule has 0 bridgehead atoms. The van der Waals surface area contributed by atoms with Crippen molar-refractivity contribution < 1.29 is 5.21 Å². The Morgan fingerprint density at radius 1 is 1.11 bits per heavy atom. The fraction of sp³-hybridized carbons (Fsp3) is 0.533. The standard InChI is InChI=1S/C15H20ClNO/c1-14(2)7-8-15(3,4)12-9-10(13(16)17-18)5-6-11(12)14/h5-6,9,18H,7-8H2,1-4H3/b17-13+. The van der Waals surface area contributed by atoms with E-state index < -0.39 is 0 Å². The zero-order valence-corrected chi connectivity index (χ0v) is 12.2. The highest BCUT2D eigenvalue weighted by atomic mass is 35.5. The maximum Gasteiger partial charge on any atom is 0.175 e. The number of oxime groups is 1. The van der Waals surface area contributed by atoms with Crippen LogP contribution in [-0.2, 0) is 10.8 Å². The monoisotopic (exact) mass is 265 g/mol. The average Bonchev–Trinajstić information content (AvgIpc) is 2.34. The van der Waals surface area contributed by atoms with Crippen molar-refractivity contribution in [3.63, 3.8) is 0 Å². The average molecular weight is 266 g/mol. The van der Waals surface area contributed by atoms with E-state index in [0.717, 1.165) is 12.0 Å². The third-order valence-corrected chi connectivity index (χ3v) is 4.47. The van der Waals surface area contributed by atoms with E-state index in [-0.39, 0.29) is 16.0 Å². The molecule has 0 aromatic heterocycles. The molecule has 0 heterocycles. The van der Waals surface area contributed by atoms with Gasteiger partial charge in [-0.1, -0.05) is 56.6 Å². The molecule has 18 heavy (non-hydrogen) atoms. The second-order valence-electron chi connectivity index (χ2n) is 6.42. The highest BCUT2D eigenvalue weighted by molar-refractivity contribution is 6.69. The van der Waals surface area contributed by atoms with Gasteiger partial charge in [0.25, 0.3) is 0 Å². The summed E-state index contributed by atoms with van der Waals surface area (Å²) >= 11 is 5.90. The van der Waals surface area contributed by atoms with Crippen molar-refractivity contribution in [3.8, 4) is 0 Å². The Balaban J connectivity index is 2.62. The minimum absolute atomic E-state index is 0.146. The maximum absolute atomic E-state index is 8.78. The molecule has 0 fully saturated rings. The summed E-state index contributed by atoms with van der Waals surface area (Å²) in [7, 11) is 0. The molecule has 2 nitrogen and oxygen atoms in total. The summed E-state index contributed by atoms with van der Waals surface area (Å²) in [4.78, 5) is 0. The second kappa shape index (κ2) is 4.27. The number of benzene rings is 1. The van der Waals surface area contributed by atoms with Crippen LogP contribution in [0.1, 0.15) is 57.2 Å². The van der Waals surface area contributed by atoms with Crippen LogP contribution < -0.4 is 0 Å². The first-order valence-corrected chi connectivity index (χ1v) is 6.69. The quantitative estimate of drug-likeness (QED) is 0.455. The van der Waals surface area contributed by atoms with Crippen molar-refractivity contribution in [1.82, 2.24) is 0 Å². The molecule has 0 spiro atoms. The molecule has 0 atom stereocenters. The highest BCUT2D eigenvalue weighted by Gasteiger charge is 2.37. The van der Waals surface area contributed by atoms with Gasteiger partial charge in [0.1, 0.15) is 0 Å². The van der Waals surface area contributed by atoms with E-state index in [1.54, 1.807) is 0 Å². The van der Waals surface area contributed by atoms with Crippen molar-refractivity contribution in [3.05, 3.63) is 34.9 Å². The topological polar surface area (TPSA) is 32.6 Å². The fourth-order valence-electron chi connectivity index (χ4n) is 2.77. The Morgan fingerprint density at radius 2 is 1.67 bits per heavy atom. The molecule has 1 aliphatic carbocycles. The summed E-state index contributed by atoms with van der Waals surface area (Å²) in [6.07, 6.45) is 2.35. The Labute approximate surface area is 114 Å². The van der Waals surface area contributed by atoms with E-state index in [2.05, 4.69) is 45.0 Å². The number of nitrogens with zero attached hydrogens (tertiary/aromatic N) is 1. The third-order valence-electron chi connectivity index (χ3n) is 4.18. The van der Waals surface area contributed by atoms with Crippen molar-refractivity contribution in [2.45, 2.75) is 51.4 Å². The molecule has 1 aromatic carbocycles. The van der Waals surface area contributed by atoms with Crippen LogP contribution in [0.15, 0.2) is 23.4 Å². The summed E-state index contributed by atoms with van der Waals surface area (Å²) in [5.74, 6) is 0. The zero-order chi connectivity index (χ0) is 13.6. The molecular weight excluding hydrogens is 246 g/mol. The third kappa shape index (κ3) is 2.14. The zero-order valence-electron chi connectivity index (χ0n) is 11.4. The smallest absolute Gasteiger partial charge is 0.175 e. The van der Waals surface area contributed by atoms with Crippen LogP contribution in [0.4, 0.5) is 0 Å². The Bertz CT molecular complexity index is 503. The van der Waals surface area contributed by atoms with Crippen molar-refractivity contribution in [2.75, 3.05) is 0 Å². The number of hydrogen-bond donors (Lipinski definition) is 1. The Hall–Kier alpha value is -1.02. The maximum atomic E-state index is 8.78. The minimum Gasteiger partial charge on any atom is -0.410 e. The van der Waals surface area contributed by atoms with Gasteiger partial charge in [0.05, 0.1) is 0 Å². The molecule has 0 unspecified atom stereocenters. The Kier molecular flexibility index (Phi) is 3.18.